The molecule has 0 saturated heterocycles. The fraction of sp³-hybridized carbons (Fsp3) is 0.367. The number of hydrogen-bond donors (Lipinski definition) is 3. The Balaban J connectivity index is 1.48. The summed E-state index contributed by atoms with van der Waals surface area (Å²) in [6.07, 6.45) is -3.86. The zero-order valence-electron chi connectivity index (χ0n) is 22.3. The van der Waals surface area contributed by atoms with Crippen molar-refractivity contribution in [3.05, 3.63) is 89.5 Å². The molecule has 0 radical (unpaired) electrons. The van der Waals surface area contributed by atoms with Gasteiger partial charge in [0.25, 0.3) is 0 Å². The van der Waals surface area contributed by atoms with Gasteiger partial charge in [-0.15, -0.1) is 0 Å². The highest BCUT2D eigenvalue weighted by molar-refractivity contribution is 7.97. The summed E-state index contributed by atoms with van der Waals surface area (Å²) in [5.41, 5.74) is 2.78. The van der Waals surface area contributed by atoms with E-state index in [4.69, 9.17) is 5.11 Å². The van der Waals surface area contributed by atoms with Crippen molar-refractivity contribution in [3.8, 4) is 11.1 Å². The number of likely N-dealkylation sites (N-methyl/N-ethyl adjacent to an activating group) is 1. The molecule has 0 aliphatic heterocycles. The smallest absolute Gasteiger partial charge is 0.416 e. The van der Waals surface area contributed by atoms with Crippen molar-refractivity contribution in [2.75, 3.05) is 20.1 Å². The first-order valence-corrected chi connectivity index (χ1v) is 13.5. The molecule has 3 N–H and O–H groups in total. The predicted octanol–water partition coefficient (Wildman–Crippen LogP) is 6.30. The van der Waals surface area contributed by atoms with Crippen LogP contribution in [0.1, 0.15) is 37.0 Å². The number of rotatable bonds is 13. The fourth-order valence-corrected chi connectivity index (χ4v) is 5.13. The van der Waals surface area contributed by atoms with E-state index in [0.717, 1.165) is 39.3 Å². The summed E-state index contributed by atoms with van der Waals surface area (Å²) in [5, 5.41) is 22.8. The first-order valence-electron chi connectivity index (χ1n) is 12.7. The third-order valence-corrected chi connectivity index (χ3v) is 7.15. The van der Waals surface area contributed by atoms with Gasteiger partial charge in [0.1, 0.15) is 0 Å². The Labute approximate surface area is 232 Å². The van der Waals surface area contributed by atoms with Crippen molar-refractivity contribution >= 4 is 17.9 Å². The second-order valence-electron chi connectivity index (χ2n) is 10.3. The second-order valence-corrected chi connectivity index (χ2v) is 11.6. The molecule has 0 bridgehead atoms. The van der Waals surface area contributed by atoms with E-state index in [0.29, 0.717) is 25.9 Å². The average molecular weight is 561 g/mol. The van der Waals surface area contributed by atoms with Crippen molar-refractivity contribution in [3.63, 3.8) is 0 Å². The number of alkyl halides is 3. The summed E-state index contributed by atoms with van der Waals surface area (Å²) < 4.78 is 40.4. The molecule has 0 spiro atoms. The fourth-order valence-electron chi connectivity index (χ4n) is 4.20. The number of halogens is 3. The maximum atomic E-state index is 12.8. The number of carbonyl (C=O) groups is 1. The lowest BCUT2D eigenvalue weighted by molar-refractivity contribution is -0.138. The van der Waals surface area contributed by atoms with Gasteiger partial charge < -0.3 is 15.5 Å². The van der Waals surface area contributed by atoms with Crippen LogP contribution in [0.5, 0.6) is 0 Å². The van der Waals surface area contributed by atoms with Crippen LogP contribution in [0.2, 0.25) is 0 Å². The van der Waals surface area contributed by atoms with Crippen LogP contribution in [-0.2, 0) is 23.8 Å². The summed E-state index contributed by atoms with van der Waals surface area (Å²) >= 11 is 1.52. The molecular formula is C30H35F3N2O3S. The van der Waals surface area contributed by atoms with Crippen LogP contribution in [0.4, 0.5) is 13.2 Å². The third kappa shape index (κ3) is 10.3. The molecule has 5 nitrogen and oxygen atoms in total. The minimum Gasteiger partial charge on any atom is -0.481 e. The monoisotopic (exact) mass is 560 g/mol. The van der Waals surface area contributed by atoms with Gasteiger partial charge in [-0.2, -0.15) is 13.2 Å². The molecule has 0 aliphatic rings. The van der Waals surface area contributed by atoms with Crippen LogP contribution in [0.3, 0.4) is 0 Å². The summed E-state index contributed by atoms with van der Waals surface area (Å²) in [5.74, 6) is -0.810. The number of aliphatic hydroxyl groups excluding tert-OH is 1. The quantitative estimate of drug-likeness (QED) is 0.213. The largest absolute Gasteiger partial charge is 0.481 e. The Morgan fingerprint density at radius 3 is 2.23 bits per heavy atom. The lowest BCUT2D eigenvalue weighted by atomic mass is 9.94. The Hall–Kier alpha value is -2.85. The zero-order valence-corrected chi connectivity index (χ0v) is 23.1. The molecule has 210 valence electrons. The highest BCUT2D eigenvalue weighted by Gasteiger charge is 2.30. The van der Waals surface area contributed by atoms with E-state index >= 15 is 0 Å². The average Bonchev–Trinajstić information content (AvgIpc) is 2.86. The number of aryl methyl sites for hydroxylation is 1. The Morgan fingerprint density at radius 2 is 1.62 bits per heavy atom. The number of hydrogen-bond acceptors (Lipinski definition) is 5. The lowest BCUT2D eigenvalue weighted by Crippen LogP contribution is -2.46. The van der Waals surface area contributed by atoms with Crippen molar-refractivity contribution in [1.82, 2.24) is 9.62 Å². The number of benzene rings is 3. The molecule has 39 heavy (non-hydrogen) atoms. The van der Waals surface area contributed by atoms with E-state index in [9.17, 15) is 23.1 Å². The van der Waals surface area contributed by atoms with Crippen LogP contribution in [-0.4, -0.2) is 52.3 Å². The summed E-state index contributed by atoms with van der Waals surface area (Å²) in [4.78, 5) is 11.8. The van der Waals surface area contributed by atoms with Crippen molar-refractivity contribution in [2.24, 2.45) is 0 Å². The van der Waals surface area contributed by atoms with E-state index in [-0.39, 0.29) is 6.42 Å². The number of carboxylic acid groups (broad SMARTS) is 1. The van der Waals surface area contributed by atoms with Crippen molar-refractivity contribution < 1.29 is 28.2 Å². The predicted molar refractivity (Wildman–Crippen MR) is 150 cm³/mol. The van der Waals surface area contributed by atoms with E-state index in [1.807, 2.05) is 67.7 Å². The first-order chi connectivity index (χ1) is 18.3. The summed E-state index contributed by atoms with van der Waals surface area (Å²) in [7, 11) is 1.91. The molecule has 0 heterocycles. The highest BCUT2D eigenvalue weighted by Crippen LogP contribution is 2.30. The lowest BCUT2D eigenvalue weighted by Gasteiger charge is -2.29. The van der Waals surface area contributed by atoms with Crippen molar-refractivity contribution in [2.45, 2.75) is 55.8 Å². The number of carboxylic acids is 1. The van der Waals surface area contributed by atoms with Gasteiger partial charge in [0.05, 0.1) is 11.7 Å². The van der Waals surface area contributed by atoms with Crippen molar-refractivity contribution in [1.29, 1.82) is 0 Å². The van der Waals surface area contributed by atoms with E-state index in [1.54, 1.807) is 0 Å². The third-order valence-electron chi connectivity index (χ3n) is 6.22. The van der Waals surface area contributed by atoms with Gasteiger partial charge in [-0.3, -0.25) is 4.79 Å². The SMILES string of the molecule is CN(C[C@H](O)CNC(C)(C)Cc1ccc(C(F)(F)F)cc1)Sc1cccc(-c2ccc(CCC(=O)O)cc2)c1. The Morgan fingerprint density at radius 1 is 0.974 bits per heavy atom. The Bertz CT molecular complexity index is 1220. The molecule has 1 atom stereocenters. The van der Waals surface area contributed by atoms with Gasteiger partial charge >= 0.3 is 12.1 Å². The van der Waals surface area contributed by atoms with Crippen LogP contribution >= 0.6 is 11.9 Å². The van der Waals surface area contributed by atoms with E-state index in [1.165, 1.54) is 24.1 Å². The number of nitrogens with one attached hydrogen (secondary N) is 1. The maximum Gasteiger partial charge on any atom is 0.416 e. The minimum absolute atomic E-state index is 0.107. The number of aliphatic carboxylic acids is 1. The molecule has 0 aliphatic carbocycles. The minimum atomic E-state index is -4.35. The van der Waals surface area contributed by atoms with Gasteiger partial charge in [0.15, 0.2) is 0 Å². The van der Waals surface area contributed by atoms with E-state index in [2.05, 4.69) is 11.4 Å². The molecule has 0 unspecified atom stereocenters. The molecule has 0 saturated carbocycles. The molecule has 3 aromatic carbocycles. The molecule has 0 amide bonds. The maximum absolute atomic E-state index is 12.8. The molecular weight excluding hydrogens is 525 g/mol. The second kappa shape index (κ2) is 13.5. The zero-order chi connectivity index (χ0) is 28.6. The topological polar surface area (TPSA) is 72.8 Å². The van der Waals surface area contributed by atoms with Gasteiger partial charge in [0.2, 0.25) is 0 Å². The van der Waals surface area contributed by atoms with E-state index < -0.39 is 29.4 Å². The van der Waals surface area contributed by atoms with Crippen LogP contribution in [0.25, 0.3) is 11.1 Å². The molecule has 3 rings (SSSR count). The first kappa shape index (κ1) is 30.7. The molecule has 3 aromatic rings. The molecule has 0 aromatic heterocycles. The van der Waals surface area contributed by atoms with Gasteiger partial charge in [-0.05, 0) is 92.2 Å². The normalized spacial score (nSPS) is 13.0. The standard InChI is InChI=1S/C30H35F3N2O3S/c1-29(2,18-22-9-14-25(15-10-22)30(31,32)33)34-19-26(36)20-35(3)39-27-6-4-5-24(17-27)23-12-7-21(8-13-23)11-16-28(37)38/h4-10,12-15,17,26,34,36H,11,16,18-20H2,1-3H3,(H,37,38)/t26-/m1/s1. The van der Waals surface area contributed by atoms with Crippen LogP contribution in [0, 0.1) is 0 Å². The number of β-amino-alcohol motifs (C(OH)–C–C–N with tert-alkyl or cyclic N) is 1. The number of aliphatic hydroxyl groups is 1. The summed E-state index contributed by atoms with van der Waals surface area (Å²) in [6.45, 7) is 4.67. The van der Waals surface area contributed by atoms with Gasteiger partial charge in [0, 0.05) is 29.9 Å². The number of nitrogens with zero attached hydrogens (tertiary/aromatic N) is 1. The molecule has 9 heteroatoms. The van der Waals surface area contributed by atoms with Crippen LogP contribution in [0.15, 0.2) is 77.7 Å². The highest BCUT2D eigenvalue weighted by atomic mass is 32.2. The molecule has 0 fully saturated rings. The Kier molecular flexibility index (Phi) is 10.6. The summed E-state index contributed by atoms with van der Waals surface area (Å²) in [6, 6.07) is 21.1. The van der Waals surface area contributed by atoms with Gasteiger partial charge in [-0.25, -0.2) is 4.31 Å². The van der Waals surface area contributed by atoms with Gasteiger partial charge in [-0.1, -0.05) is 48.5 Å². The van der Waals surface area contributed by atoms with Crippen LogP contribution < -0.4 is 5.32 Å².